The van der Waals surface area contributed by atoms with E-state index >= 15 is 0 Å². The van der Waals surface area contributed by atoms with Crippen LogP contribution in [-0.4, -0.2) is 18.2 Å². The Morgan fingerprint density at radius 2 is 1.76 bits per heavy atom. The number of nitrogens with one attached hydrogen (secondary N) is 1. The summed E-state index contributed by atoms with van der Waals surface area (Å²) in [5, 5.41) is 2.98. The van der Waals surface area contributed by atoms with Crippen molar-refractivity contribution in [3.8, 4) is 0 Å². The predicted octanol–water partition coefficient (Wildman–Crippen LogP) is 4.19. The molecule has 0 bridgehead atoms. The zero-order valence-corrected chi connectivity index (χ0v) is 14.9. The molecule has 1 aliphatic rings. The third-order valence-corrected chi connectivity index (χ3v) is 5.12. The van der Waals surface area contributed by atoms with Crippen molar-refractivity contribution in [3.05, 3.63) is 70.8 Å². The Morgan fingerprint density at radius 3 is 2.48 bits per heavy atom. The van der Waals surface area contributed by atoms with Crippen LogP contribution in [0.4, 0.5) is 0 Å². The van der Waals surface area contributed by atoms with E-state index in [2.05, 4.69) is 29.6 Å². The average molecular weight is 335 g/mol. The summed E-state index contributed by atoms with van der Waals surface area (Å²) in [6.07, 6.45) is 1.65. The Kier molecular flexibility index (Phi) is 5.32. The van der Waals surface area contributed by atoms with Gasteiger partial charge in [0, 0.05) is 24.9 Å². The smallest absolute Gasteiger partial charge is 0.220 e. The zero-order chi connectivity index (χ0) is 17.8. The molecule has 0 spiro atoms. The molecule has 1 amide bonds. The molecule has 0 heterocycles. The van der Waals surface area contributed by atoms with Gasteiger partial charge in [-0.25, -0.2) is 0 Å². The van der Waals surface area contributed by atoms with Crippen LogP contribution in [-0.2, 0) is 4.79 Å². The van der Waals surface area contributed by atoms with Gasteiger partial charge in [0.15, 0.2) is 5.78 Å². The minimum absolute atomic E-state index is 0.0316. The second-order valence-electron chi connectivity index (χ2n) is 7.04. The minimum Gasteiger partial charge on any atom is -0.356 e. The first-order valence-electron chi connectivity index (χ1n) is 8.96. The van der Waals surface area contributed by atoms with Crippen LogP contribution in [0, 0.1) is 19.8 Å². The molecular weight excluding hydrogens is 310 g/mol. The first-order chi connectivity index (χ1) is 12.0. The van der Waals surface area contributed by atoms with E-state index in [4.69, 9.17) is 0 Å². The molecule has 2 atom stereocenters. The van der Waals surface area contributed by atoms with Crippen molar-refractivity contribution in [1.29, 1.82) is 0 Å². The van der Waals surface area contributed by atoms with Crippen molar-refractivity contribution in [2.24, 2.45) is 5.92 Å². The lowest BCUT2D eigenvalue weighted by Crippen LogP contribution is -2.26. The number of rotatable bonds is 7. The van der Waals surface area contributed by atoms with Gasteiger partial charge in [-0.05, 0) is 54.9 Å². The number of carbonyl (C=O) groups excluding carboxylic acids is 2. The van der Waals surface area contributed by atoms with Crippen LogP contribution < -0.4 is 5.32 Å². The van der Waals surface area contributed by atoms with Crippen molar-refractivity contribution >= 4 is 11.7 Å². The maximum Gasteiger partial charge on any atom is 0.220 e. The summed E-state index contributed by atoms with van der Waals surface area (Å²) in [6, 6.07) is 16.1. The lowest BCUT2D eigenvalue weighted by atomic mass is 10.0. The Balaban J connectivity index is 1.40. The highest BCUT2D eigenvalue weighted by Crippen LogP contribution is 2.46. The second-order valence-corrected chi connectivity index (χ2v) is 7.04. The number of benzene rings is 2. The van der Waals surface area contributed by atoms with E-state index in [9.17, 15) is 9.59 Å². The predicted molar refractivity (Wildman–Crippen MR) is 99.8 cm³/mol. The van der Waals surface area contributed by atoms with Crippen LogP contribution in [0.5, 0.6) is 0 Å². The van der Waals surface area contributed by atoms with Crippen molar-refractivity contribution in [2.75, 3.05) is 6.54 Å². The maximum atomic E-state index is 12.2. The topological polar surface area (TPSA) is 46.2 Å². The molecule has 0 saturated heterocycles. The molecule has 3 nitrogen and oxygen atoms in total. The molecular formula is C22H25NO2. The number of hydrogen-bond acceptors (Lipinski definition) is 2. The summed E-state index contributed by atoms with van der Waals surface area (Å²) in [7, 11) is 0. The fourth-order valence-corrected chi connectivity index (χ4v) is 3.20. The van der Waals surface area contributed by atoms with Gasteiger partial charge in [0.2, 0.25) is 5.91 Å². The highest BCUT2D eigenvalue weighted by molar-refractivity contribution is 5.98. The summed E-state index contributed by atoms with van der Waals surface area (Å²) in [6.45, 7) is 4.73. The van der Waals surface area contributed by atoms with E-state index in [0.29, 0.717) is 23.9 Å². The lowest BCUT2D eigenvalue weighted by molar-refractivity contribution is -0.121. The SMILES string of the molecule is Cc1ccc(C(=O)CCC(=O)NCC2CC2c2ccccc2)cc1C. The van der Waals surface area contributed by atoms with Gasteiger partial charge >= 0.3 is 0 Å². The van der Waals surface area contributed by atoms with Crippen LogP contribution >= 0.6 is 0 Å². The molecule has 1 saturated carbocycles. The van der Waals surface area contributed by atoms with Crippen molar-refractivity contribution in [2.45, 2.75) is 39.0 Å². The molecule has 3 heteroatoms. The number of Topliss-reactive ketones (excluding diaryl/α,β-unsaturated/α-hetero) is 1. The second kappa shape index (κ2) is 7.64. The summed E-state index contributed by atoms with van der Waals surface area (Å²) in [5.41, 5.74) is 4.33. The Bertz CT molecular complexity index is 767. The molecule has 0 radical (unpaired) electrons. The van der Waals surface area contributed by atoms with Gasteiger partial charge in [-0.1, -0.05) is 42.5 Å². The van der Waals surface area contributed by atoms with Gasteiger partial charge in [-0.15, -0.1) is 0 Å². The number of carbonyl (C=O) groups is 2. The Hall–Kier alpha value is -2.42. The maximum absolute atomic E-state index is 12.2. The zero-order valence-electron chi connectivity index (χ0n) is 14.9. The molecule has 0 aliphatic heterocycles. The summed E-state index contributed by atoms with van der Waals surface area (Å²) < 4.78 is 0. The van der Waals surface area contributed by atoms with Crippen molar-refractivity contribution in [3.63, 3.8) is 0 Å². The molecule has 25 heavy (non-hydrogen) atoms. The molecule has 130 valence electrons. The number of ketones is 1. The van der Waals surface area contributed by atoms with E-state index in [1.165, 1.54) is 11.1 Å². The van der Waals surface area contributed by atoms with E-state index in [1.54, 1.807) is 0 Å². The first-order valence-corrected chi connectivity index (χ1v) is 8.96. The number of hydrogen-bond donors (Lipinski definition) is 1. The fraction of sp³-hybridized carbons (Fsp3) is 0.364. The monoisotopic (exact) mass is 335 g/mol. The summed E-state index contributed by atoms with van der Waals surface area (Å²) in [4.78, 5) is 24.2. The average Bonchev–Trinajstić information content (AvgIpc) is 3.40. The van der Waals surface area contributed by atoms with E-state index in [-0.39, 0.29) is 24.5 Å². The quantitative estimate of drug-likeness (QED) is 0.771. The van der Waals surface area contributed by atoms with Gasteiger partial charge in [-0.2, -0.15) is 0 Å². The van der Waals surface area contributed by atoms with Gasteiger partial charge in [0.25, 0.3) is 0 Å². The van der Waals surface area contributed by atoms with E-state index in [1.807, 2.05) is 38.1 Å². The number of amides is 1. The van der Waals surface area contributed by atoms with E-state index < -0.39 is 0 Å². The Morgan fingerprint density at radius 1 is 1.00 bits per heavy atom. The van der Waals surface area contributed by atoms with Crippen molar-refractivity contribution in [1.82, 2.24) is 5.32 Å². The van der Waals surface area contributed by atoms with Crippen LogP contribution in [0.1, 0.15) is 52.2 Å². The van der Waals surface area contributed by atoms with Crippen molar-refractivity contribution < 1.29 is 9.59 Å². The largest absolute Gasteiger partial charge is 0.356 e. The molecule has 3 rings (SSSR count). The first kappa shape index (κ1) is 17.4. The van der Waals surface area contributed by atoms with Crippen LogP contribution in [0.15, 0.2) is 48.5 Å². The third kappa shape index (κ3) is 4.56. The molecule has 1 fully saturated rings. The molecule has 2 unspecified atom stereocenters. The van der Waals surface area contributed by atoms with Gasteiger partial charge in [-0.3, -0.25) is 9.59 Å². The molecule has 0 aromatic heterocycles. The summed E-state index contributed by atoms with van der Waals surface area (Å²) >= 11 is 0. The van der Waals surface area contributed by atoms with Gasteiger partial charge < -0.3 is 5.32 Å². The van der Waals surface area contributed by atoms with Gasteiger partial charge in [0.1, 0.15) is 0 Å². The normalized spacial score (nSPS) is 18.6. The lowest BCUT2D eigenvalue weighted by Gasteiger charge is -2.06. The van der Waals surface area contributed by atoms with Crippen LogP contribution in [0.2, 0.25) is 0 Å². The summed E-state index contributed by atoms with van der Waals surface area (Å²) in [5.74, 6) is 1.10. The van der Waals surface area contributed by atoms with E-state index in [0.717, 1.165) is 12.0 Å². The fourth-order valence-electron chi connectivity index (χ4n) is 3.20. The van der Waals surface area contributed by atoms with Crippen LogP contribution in [0.25, 0.3) is 0 Å². The standard InChI is InChI=1S/C22H25NO2/c1-15-8-9-18(12-16(15)2)21(24)10-11-22(25)23-14-19-13-20(19)17-6-4-3-5-7-17/h3-9,12,19-20H,10-11,13-14H2,1-2H3,(H,23,25). The highest BCUT2D eigenvalue weighted by Gasteiger charge is 2.37. The minimum atomic E-state index is -0.0316. The van der Waals surface area contributed by atoms with Crippen LogP contribution in [0.3, 0.4) is 0 Å². The molecule has 1 N–H and O–H groups in total. The molecule has 2 aromatic rings. The highest BCUT2D eigenvalue weighted by atomic mass is 16.2. The van der Waals surface area contributed by atoms with Gasteiger partial charge in [0.05, 0.1) is 0 Å². The molecule has 2 aromatic carbocycles. The number of aryl methyl sites for hydroxylation is 2. The third-order valence-electron chi connectivity index (χ3n) is 5.12. The Labute approximate surface area is 149 Å². The molecule has 1 aliphatic carbocycles.